The minimum absolute atomic E-state index is 0.234. The average Bonchev–Trinajstić information content (AvgIpc) is 2.48. The summed E-state index contributed by atoms with van der Waals surface area (Å²) in [6, 6.07) is 9.38. The van der Waals surface area contributed by atoms with Crippen molar-refractivity contribution in [3.8, 4) is 0 Å². The van der Waals surface area contributed by atoms with Crippen LogP contribution in [0.25, 0.3) is 0 Å². The molecule has 0 saturated heterocycles. The van der Waals surface area contributed by atoms with Crippen LogP contribution in [0.15, 0.2) is 42.6 Å². The Morgan fingerprint density at radius 3 is 2.76 bits per heavy atom. The van der Waals surface area contributed by atoms with Crippen molar-refractivity contribution in [3.63, 3.8) is 0 Å². The van der Waals surface area contributed by atoms with E-state index in [-0.39, 0.29) is 17.8 Å². The Labute approximate surface area is 123 Å². The first-order valence-electron chi connectivity index (χ1n) is 6.86. The molecule has 0 aliphatic rings. The molecule has 21 heavy (non-hydrogen) atoms. The third-order valence-electron chi connectivity index (χ3n) is 3.08. The van der Waals surface area contributed by atoms with Gasteiger partial charge in [-0.1, -0.05) is 12.1 Å². The molecule has 0 aliphatic carbocycles. The Bertz CT molecular complexity index is 613. The zero-order valence-electron chi connectivity index (χ0n) is 12.1. The molecule has 1 heterocycles. The highest BCUT2D eigenvalue weighted by atomic mass is 19.1. The Morgan fingerprint density at radius 1 is 1.33 bits per heavy atom. The van der Waals surface area contributed by atoms with Crippen molar-refractivity contribution in [3.05, 3.63) is 59.5 Å². The van der Waals surface area contributed by atoms with Gasteiger partial charge in [-0.3, -0.25) is 4.79 Å². The number of carbonyl (C=O) groups is 1. The van der Waals surface area contributed by atoms with Crippen molar-refractivity contribution in [1.82, 2.24) is 10.3 Å². The second-order valence-electron chi connectivity index (χ2n) is 4.71. The van der Waals surface area contributed by atoms with E-state index in [1.54, 1.807) is 24.3 Å². The summed E-state index contributed by atoms with van der Waals surface area (Å²) in [6.07, 6.45) is 1.52. The van der Waals surface area contributed by atoms with Gasteiger partial charge in [-0.2, -0.15) is 0 Å². The lowest BCUT2D eigenvalue weighted by atomic mass is 10.1. The van der Waals surface area contributed by atoms with Gasteiger partial charge in [0.05, 0.1) is 11.6 Å². The molecule has 1 atom stereocenters. The maximum Gasteiger partial charge on any atom is 0.253 e. The second kappa shape index (κ2) is 6.83. The van der Waals surface area contributed by atoms with Gasteiger partial charge in [-0.05, 0) is 43.7 Å². The van der Waals surface area contributed by atoms with E-state index in [4.69, 9.17) is 0 Å². The van der Waals surface area contributed by atoms with Gasteiger partial charge in [0.2, 0.25) is 0 Å². The molecule has 5 heteroatoms. The highest BCUT2D eigenvalue weighted by Crippen LogP contribution is 2.14. The quantitative estimate of drug-likeness (QED) is 0.888. The molecule has 0 aliphatic heterocycles. The van der Waals surface area contributed by atoms with E-state index in [1.807, 2.05) is 13.8 Å². The van der Waals surface area contributed by atoms with Crippen molar-refractivity contribution in [2.24, 2.45) is 0 Å². The fourth-order valence-corrected chi connectivity index (χ4v) is 1.95. The minimum atomic E-state index is -0.315. The molecule has 1 unspecified atom stereocenters. The number of aromatic nitrogens is 1. The fraction of sp³-hybridized carbons (Fsp3) is 0.250. The van der Waals surface area contributed by atoms with E-state index in [2.05, 4.69) is 15.6 Å². The number of halogens is 1. The Morgan fingerprint density at radius 2 is 2.14 bits per heavy atom. The first-order valence-corrected chi connectivity index (χ1v) is 6.86. The van der Waals surface area contributed by atoms with E-state index in [0.29, 0.717) is 5.56 Å². The third kappa shape index (κ3) is 4.02. The van der Waals surface area contributed by atoms with Gasteiger partial charge < -0.3 is 10.6 Å². The van der Waals surface area contributed by atoms with E-state index in [9.17, 15) is 9.18 Å². The first-order chi connectivity index (χ1) is 10.1. The third-order valence-corrected chi connectivity index (χ3v) is 3.08. The van der Waals surface area contributed by atoms with Crippen molar-refractivity contribution in [1.29, 1.82) is 0 Å². The number of nitrogens with zero attached hydrogens (tertiary/aromatic N) is 1. The summed E-state index contributed by atoms with van der Waals surface area (Å²) < 4.78 is 13.2. The van der Waals surface area contributed by atoms with Crippen LogP contribution in [0.1, 0.15) is 35.8 Å². The minimum Gasteiger partial charge on any atom is -0.370 e. The van der Waals surface area contributed by atoms with Crippen LogP contribution < -0.4 is 10.6 Å². The number of anilines is 1. The van der Waals surface area contributed by atoms with E-state index < -0.39 is 0 Å². The van der Waals surface area contributed by atoms with E-state index >= 15 is 0 Å². The molecule has 0 radical (unpaired) electrons. The maximum atomic E-state index is 13.2. The number of benzene rings is 1. The SMILES string of the molecule is CCNc1ccc(C(=O)NC(C)c2cccc(F)c2)cn1. The van der Waals surface area contributed by atoms with E-state index in [1.165, 1.54) is 18.3 Å². The molecule has 0 fully saturated rings. The van der Waals surface area contributed by atoms with Crippen LogP contribution in [0.2, 0.25) is 0 Å². The molecule has 1 aromatic carbocycles. The van der Waals surface area contributed by atoms with Gasteiger partial charge in [0.15, 0.2) is 0 Å². The van der Waals surface area contributed by atoms with Crippen molar-refractivity contribution >= 4 is 11.7 Å². The molecule has 2 aromatic rings. The zero-order valence-corrected chi connectivity index (χ0v) is 12.1. The molecule has 4 nitrogen and oxygen atoms in total. The van der Waals surface area contributed by atoms with Gasteiger partial charge in [0.1, 0.15) is 11.6 Å². The highest BCUT2D eigenvalue weighted by molar-refractivity contribution is 5.94. The van der Waals surface area contributed by atoms with Crippen molar-refractivity contribution in [2.75, 3.05) is 11.9 Å². The molecule has 0 saturated carbocycles. The number of hydrogen-bond acceptors (Lipinski definition) is 3. The lowest BCUT2D eigenvalue weighted by Gasteiger charge is -2.14. The summed E-state index contributed by atoms with van der Waals surface area (Å²) >= 11 is 0. The molecular formula is C16H18FN3O. The van der Waals surface area contributed by atoms with Crippen LogP contribution in [0.4, 0.5) is 10.2 Å². The second-order valence-corrected chi connectivity index (χ2v) is 4.71. The molecule has 110 valence electrons. The maximum absolute atomic E-state index is 13.2. The van der Waals surface area contributed by atoms with Crippen LogP contribution >= 0.6 is 0 Å². The smallest absolute Gasteiger partial charge is 0.253 e. The summed E-state index contributed by atoms with van der Waals surface area (Å²) in [4.78, 5) is 16.3. The zero-order chi connectivity index (χ0) is 15.2. The van der Waals surface area contributed by atoms with Gasteiger partial charge in [-0.25, -0.2) is 9.37 Å². The van der Waals surface area contributed by atoms with Gasteiger partial charge in [0.25, 0.3) is 5.91 Å². The first kappa shape index (κ1) is 15.0. The lowest BCUT2D eigenvalue weighted by molar-refractivity contribution is 0.0939. The Hall–Kier alpha value is -2.43. The number of hydrogen-bond donors (Lipinski definition) is 2. The van der Waals surface area contributed by atoms with Gasteiger partial charge >= 0.3 is 0 Å². The molecule has 0 spiro atoms. The molecule has 1 amide bonds. The number of amides is 1. The topological polar surface area (TPSA) is 54.0 Å². The summed E-state index contributed by atoms with van der Waals surface area (Å²) in [5.74, 6) is 0.180. The van der Waals surface area contributed by atoms with E-state index in [0.717, 1.165) is 17.9 Å². The van der Waals surface area contributed by atoms with Crippen LogP contribution in [0.3, 0.4) is 0 Å². The van der Waals surface area contributed by atoms with Crippen molar-refractivity contribution < 1.29 is 9.18 Å². The standard InChI is InChI=1S/C16H18FN3O/c1-3-18-15-8-7-13(10-19-15)16(21)20-11(2)12-5-4-6-14(17)9-12/h4-11H,3H2,1-2H3,(H,18,19)(H,20,21). The summed E-state index contributed by atoms with van der Waals surface area (Å²) in [6.45, 7) is 4.56. The summed E-state index contributed by atoms with van der Waals surface area (Å²) in [5, 5.41) is 5.89. The molecule has 2 N–H and O–H groups in total. The lowest BCUT2D eigenvalue weighted by Crippen LogP contribution is -2.26. The number of rotatable bonds is 5. The van der Waals surface area contributed by atoms with Crippen LogP contribution in [0.5, 0.6) is 0 Å². The van der Waals surface area contributed by atoms with Crippen LogP contribution in [-0.2, 0) is 0 Å². The molecular weight excluding hydrogens is 269 g/mol. The molecule has 1 aromatic heterocycles. The van der Waals surface area contributed by atoms with Gasteiger partial charge in [0, 0.05) is 12.7 Å². The molecule has 0 bridgehead atoms. The fourth-order valence-electron chi connectivity index (χ4n) is 1.95. The highest BCUT2D eigenvalue weighted by Gasteiger charge is 2.12. The Kier molecular flexibility index (Phi) is 4.87. The predicted molar refractivity (Wildman–Crippen MR) is 80.7 cm³/mol. The monoisotopic (exact) mass is 287 g/mol. The van der Waals surface area contributed by atoms with Crippen LogP contribution in [-0.4, -0.2) is 17.4 Å². The Balaban J connectivity index is 2.03. The summed E-state index contributed by atoms with van der Waals surface area (Å²) in [7, 11) is 0. The number of carbonyl (C=O) groups excluding carboxylic acids is 1. The van der Waals surface area contributed by atoms with Crippen molar-refractivity contribution in [2.45, 2.75) is 19.9 Å². The average molecular weight is 287 g/mol. The predicted octanol–water partition coefficient (Wildman–Crippen LogP) is 3.14. The largest absolute Gasteiger partial charge is 0.370 e. The summed E-state index contributed by atoms with van der Waals surface area (Å²) in [5.41, 5.74) is 1.19. The van der Waals surface area contributed by atoms with Crippen LogP contribution in [0, 0.1) is 5.82 Å². The van der Waals surface area contributed by atoms with Gasteiger partial charge in [-0.15, -0.1) is 0 Å². The number of pyridine rings is 1. The normalized spacial score (nSPS) is 11.8. The molecule has 2 rings (SSSR count). The number of nitrogens with one attached hydrogen (secondary N) is 2.